The molecule has 2 saturated heterocycles. The normalized spacial score (nSPS) is 15.3. The fraction of sp³-hybridized carbons (Fsp3) is 0.422. The summed E-state index contributed by atoms with van der Waals surface area (Å²) in [6.45, 7) is 2.73. The molecular weight excluding hydrogens is 821 g/mol. The summed E-state index contributed by atoms with van der Waals surface area (Å²) in [5, 5.41) is 15.8. The molecule has 14 nitrogen and oxygen atoms in total. The van der Waals surface area contributed by atoms with E-state index in [1.165, 1.54) is 46.1 Å². The molecule has 16 heteroatoms. The highest BCUT2D eigenvalue weighted by Crippen LogP contribution is 2.29. The van der Waals surface area contributed by atoms with Crippen molar-refractivity contribution in [2.75, 3.05) is 60.6 Å². The van der Waals surface area contributed by atoms with E-state index in [1.54, 1.807) is 26.4 Å². The first-order valence-corrected chi connectivity index (χ1v) is 23.6. The Morgan fingerprint density at radius 2 is 1.02 bits per heavy atom. The minimum atomic E-state index is -3.72. The predicted octanol–water partition coefficient (Wildman–Crippen LogP) is 6.43. The van der Waals surface area contributed by atoms with Crippen molar-refractivity contribution < 1.29 is 47.2 Å². The van der Waals surface area contributed by atoms with Crippen LogP contribution in [0.25, 0.3) is 0 Å². The van der Waals surface area contributed by atoms with Gasteiger partial charge >= 0.3 is 0 Å². The van der Waals surface area contributed by atoms with Crippen LogP contribution in [0, 0.1) is 0 Å². The Hall–Kier alpha value is -5.16. The topological polar surface area (TPSA) is 181 Å². The average molecular weight is 881 g/mol. The summed E-state index contributed by atoms with van der Waals surface area (Å²) < 4.78 is 71.0. The molecule has 0 aromatic heterocycles. The number of benzene rings is 4. The number of amides is 2. The van der Waals surface area contributed by atoms with Gasteiger partial charge in [0.25, 0.3) is 11.8 Å². The molecule has 332 valence electrons. The molecule has 0 spiro atoms. The van der Waals surface area contributed by atoms with Crippen molar-refractivity contribution in [2.24, 2.45) is 0 Å². The highest BCUT2D eigenvalue weighted by atomic mass is 32.2. The molecule has 2 fully saturated rings. The van der Waals surface area contributed by atoms with Gasteiger partial charge in [-0.2, -0.15) is 8.61 Å². The van der Waals surface area contributed by atoms with Gasteiger partial charge in [-0.05, 0) is 98.2 Å². The van der Waals surface area contributed by atoms with Crippen LogP contribution in [0.3, 0.4) is 0 Å². The minimum absolute atomic E-state index is 0. The van der Waals surface area contributed by atoms with E-state index in [9.17, 15) is 31.5 Å². The zero-order valence-corrected chi connectivity index (χ0v) is 36.9. The van der Waals surface area contributed by atoms with E-state index in [-0.39, 0.29) is 34.0 Å². The van der Waals surface area contributed by atoms with Crippen LogP contribution in [0.2, 0.25) is 0 Å². The Balaban J connectivity index is 0.000000269. The van der Waals surface area contributed by atoms with Crippen LogP contribution in [-0.2, 0) is 32.9 Å². The molecule has 0 radical (unpaired) electrons. The SMILES string of the molecule is COc1ccc(CCNC(=O)c2cc(S(=O)(=O)N3CCCCCC3)ccc2O)cc1OC.COc1ccc(S(=O)(=O)N2CCCCCC2)cc1C(=O)NCCc1ccccc1.[HH]. The molecule has 2 amide bonds. The fourth-order valence-corrected chi connectivity index (χ4v) is 10.3. The van der Waals surface area contributed by atoms with Gasteiger partial charge in [-0.3, -0.25) is 9.59 Å². The number of methoxy groups -OCH3 is 3. The zero-order chi connectivity index (χ0) is 43.8. The Kier molecular flexibility index (Phi) is 17.4. The molecule has 0 saturated carbocycles. The van der Waals surface area contributed by atoms with Gasteiger partial charge < -0.3 is 30.0 Å². The first-order valence-electron chi connectivity index (χ1n) is 20.7. The van der Waals surface area contributed by atoms with Crippen LogP contribution in [0.1, 0.15) is 84.6 Å². The molecule has 0 atom stereocenters. The molecule has 2 aliphatic heterocycles. The standard InChI is InChI=1S/C23H30N2O6S.C22H28N2O4S.H2/c1-30-21-10-7-17(15-22(21)31-2)11-12-24-23(27)19-16-18(8-9-20(19)26)32(28,29)25-13-5-3-4-6-14-25;1-28-21-12-11-19(29(26,27)24-15-7-2-3-8-16-24)17-20(21)22(25)23-14-13-18-9-5-4-6-10-18;/h7-10,15-16,26H,3-6,11-14H2,1-2H3,(H,24,27);4-6,9-12,17H,2-3,7-8,13-16H2,1H3,(H,23,25);1H. The molecule has 6 rings (SSSR count). The van der Waals surface area contributed by atoms with E-state index >= 15 is 0 Å². The molecule has 4 aromatic carbocycles. The monoisotopic (exact) mass is 880 g/mol. The Labute approximate surface area is 361 Å². The Morgan fingerprint density at radius 1 is 0.557 bits per heavy atom. The van der Waals surface area contributed by atoms with Crippen molar-refractivity contribution >= 4 is 31.9 Å². The third-order valence-corrected chi connectivity index (χ3v) is 14.5. The van der Waals surface area contributed by atoms with Gasteiger partial charge in [0.1, 0.15) is 11.5 Å². The maximum absolute atomic E-state index is 13.1. The first kappa shape index (κ1) is 46.9. The lowest BCUT2D eigenvalue weighted by molar-refractivity contribution is 0.0942. The number of aromatic hydroxyl groups is 1. The second kappa shape index (κ2) is 22.6. The van der Waals surface area contributed by atoms with Crippen LogP contribution < -0.4 is 24.8 Å². The molecule has 4 aromatic rings. The lowest BCUT2D eigenvalue weighted by Crippen LogP contribution is -2.32. The van der Waals surface area contributed by atoms with Crippen LogP contribution in [0.5, 0.6) is 23.0 Å². The fourth-order valence-electron chi connectivity index (χ4n) is 7.26. The third kappa shape index (κ3) is 12.7. The van der Waals surface area contributed by atoms with Crippen molar-refractivity contribution in [1.29, 1.82) is 0 Å². The molecule has 0 aliphatic carbocycles. The number of phenols is 1. The number of sulfonamides is 2. The number of carbonyl (C=O) groups excluding carboxylic acids is 2. The molecule has 3 N–H and O–H groups in total. The minimum Gasteiger partial charge on any atom is -0.507 e. The largest absolute Gasteiger partial charge is 0.507 e. The van der Waals surface area contributed by atoms with Gasteiger partial charge in [0.15, 0.2) is 11.5 Å². The van der Waals surface area contributed by atoms with Crippen molar-refractivity contribution in [3.63, 3.8) is 0 Å². The van der Waals surface area contributed by atoms with E-state index < -0.39 is 26.0 Å². The quantitative estimate of drug-likeness (QED) is 0.121. The highest BCUT2D eigenvalue weighted by molar-refractivity contribution is 7.89. The molecule has 0 unspecified atom stereocenters. The molecular formula is C45H60N4O10S2. The van der Waals surface area contributed by atoms with Gasteiger partial charge in [0, 0.05) is 40.7 Å². The maximum Gasteiger partial charge on any atom is 0.255 e. The smallest absolute Gasteiger partial charge is 0.255 e. The number of hydrogen-bond donors (Lipinski definition) is 3. The zero-order valence-electron chi connectivity index (χ0n) is 35.2. The van der Waals surface area contributed by atoms with Gasteiger partial charge in [0.2, 0.25) is 20.0 Å². The van der Waals surface area contributed by atoms with Crippen LogP contribution in [0.15, 0.2) is 94.7 Å². The summed E-state index contributed by atoms with van der Waals surface area (Å²) in [6, 6.07) is 23.7. The number of phenolic OH excluding ortho intramolecular Hbond substituents is 1. The number of ether oxygens (including phenoxy) is 3. The molecule has 2 aliphatic rings. The van der Waals surface area contributed by atoms with Crippen molar-refractivity contribution in [3.05, 3.63) is 107 Å². The second-order valence-corrected chi connectivity index (χ2v) is 18.7. The predicted molar refractivity (Wildman–Crippen MR) is 236 cm³/mol. The van der Waals surface area contributed by atoms with Gasteiger partial charge in [0.05, 0.1) is 42.2 Å². The van der Waals surface area contributed by atoms with Gasteiger partial charge in [-0.1, -0.05) is 62.1 Å². The number of nitrogens with zero attached hydrogens (tertiary/aromatic N) is 2. The van der Waals surface area contributed by atoms with E-state index in [4.69, 9.17) is 14.2 Å². The second-order valence-electron chi connectivity index (χ2n) is 14.9. The molecule has 2 heterocycles. The third-order valence-electron chi connectivity index (χ3n) is 10.7. The van der Waals surface area contributed by atoms with E-state index in [1.807, 2.05) is 42.5 Å². The van der Waals surface area contributed by atoms with Crippen molar-refractivity contribution in [2.45, 2.75) is 74.0 Å². The first-order chi connectivity index (χ1) is 29.4. The molecule has 61 heavy (non-hydrogen) atoms. The number of nitrogens with one attached hydrogen (secondary N) is 2. The van der Waals surface area contributed by atoms with E-state index in [0.717, 1.165) is 62.5 Å². The lowest BCUT2D eigenvalue weighted by Gasteiger charge is -2.20. The van der Waals surface area contributed by atoms with E-state index in [0.29, 0.717) is 69.4 Å². The average Bonchev–Trinajstić information content (AvgIpc) is 3.74. The summed E-state index contributed by atoms with van der Waals surface area (Å²) in [4.78, 5) is 25.5. The van der Waals surface area contributed by atoms with Crippen molar-refractivity contribution in [3.8, 4) is 23.0 Å². The Bertz CT molecular complexity index is 2300. The highest BCUT2D eigenvalue weighted by Gasteiger charge is 2.28. The van der Waals surface area contributed by atoms with Crippen LogP contribution in [0.4, 0.5) is 0 Å². The molecule has 0 bridgehead atoms. The van der Waals surface area contributed by atoms with Gasteiger partial charge in [-0.15, -0.1) is 0 Å². The maximum atomic E-state index is 13.1. The van der Waals surface area contributed by atoms with Crippen LogP contribution >= 0.6 is 0 Å². The van der Waals surface area contributed by atoms with Gasteiger partial charge in [-0.25, -0.2) is 16.8 Å². The number of carbonyl (C=O) groups is 2. The summed E-state index contributed by atoms with van der Waals surface area (Å²) in [5.74, 6) is 0.440. The number of rotatable bonds is 15. The summed E-state index contributed by atoms with van der Waals surface area (Å²) in [6.07, 6.45) is 8.70. The van der Waals surface area contributed by atoms with Crippen LogP contribution in [-0.4, -0.2) is 103 Å². The van der Waals surface area contributed by atoms with E-state index in [2.05, 4.69) is 10.6 Å². The van der Waals surface area contributed by atoms with Crippen molar-refractivity contribution in [1.82, 2.24) is 19.2 Å². The summed E-state index contributed by atoms with van der Waals surface area (Å²) in [7, 11) is -2.76. The number of hydrogen-bond acceptors (Lipinski definition) is 10. The lowest BCUT2D eigenvalue weighted by atomic mass is 10.1. The summed E-state index contributed by atoms with van der Waals surface area (Å²) >= 11 is 0. The summed E-state index contributed by atoms with van der Waals surface area (Å²) in [5.41, 5.74) is 2.23. The Morgan fingerprint density at radius 3 is 1.54 bits per heavy atom.